The lowest BCUT2D eigenvalue weighted by atomic mass is 9.99. The maximum absolute atomic E-state index is 13.2. The first-order valence-corrected chi connectivity index (χ1v) is 32.4. The molecular formula is C49H76BrN13O4Si2. The molecule has 2 amide bonds. The third kappa shape index (κ3) is 15.4. The van der Waals surface area contributed by atoms with E-state index in [4.69, 9.17) is 19.4 Å². The predicted molar refractivity (Wildman–Crippen MR) is 284 cm³/mol. The second kappa shape index (κ2) is 22.1. The van der Waals surface area contributed by atoms with Crippen molar-refractivity contribution in [3.8, 4) is 0 Å². The van der Waals surface area contributed by atoms with E-state index in [1.54, 1.807) is 18.6 Å². The van der Waals surface area contributed by atoms with Crippen LogP contribution in [0.15, 0.2) is 41.8 Å². The second-order valence-electron chi connectivity index (χ2n) is 22.8. The van der Waals surface area contributed by atoms with E-state index in [-0.39, 0.29) is 22.9 Å². The molecule has 0 radical (unpaired) electrons. The van der Waals surface area contributed by atoms with Crippen LogP contribution in [0.25, 0.3) is 22.3 Å². The highest BCUT2D eigenvalue weighted by atomic mass is 79.9. The van der Waals surface area contributed by atoms with E-state index in [2.05, 4.69) is 97.1 Å². The molecule has 7 heterocycles. The van der Waals surface area contributed by atoms with Crippen LogP contribution in [-0.4, -0.2) is 107 Å². The molecule has 69 heavy (non-hydrogen) atoms. The van der Waals surface area contributed by atoms with Gasteiger partial charge in [0.15, 0.2) is 17.1 Å². The van der Waals surface area contributed by atoms with Gasteiger partial charge in [0.25, 0.3) is 11.8 Å². The van der Waals surface area contributed by atoms with Gasteiger partial charge in [-0.2, -0.15) is 10.2 Å². The first-order chi connectivity index (χ1) is 32.2. The molecule has 6 aromatic rings. The number of hydrogen-bond acceptors (Lipinski definition) is 11. The van der Waals surface area contributed by atoms with Crippen LogP contribution >= 0.6 is 15.9 Å². The summed E-state index contributed by atoms with van der Waals surface area (Å²) in [5.41, 5.74) is 7.71. The Morgan fingerprint density at radius 2 is 1.16 bits per heavy atom. The minimum absolute atomic E-state index is 0.161. The second-order valence-corrected chi connectivity index (χ2v) is 34.8. The van der Waals surface area contributed by atoms with Crippen molar-refractivity contribution in [1.82, 2.24) is 59.3 Å². The molecule has 0 saturated heterocycles. The highest BCUT2D eigenvalue weighted by Gasteiger charge is 2.27. The molecule has 17 nitrogen and oxygen atoms in total. The van der Waals surface area contributed by atoms with Crippen LogP contribution < -0.4 is 15.5 Å². The molecule has 0 spiro atoms. The van der Waals surface area contributed by atoms with Crippen LogP contribution in [0, 0.1) is 0 Å². The molecule has 8 rings (SSSR count). The normalized spacial score (nSPS) is 14.2. The number of rotatable bonds is 13. The molecule has 6 aromatic heterocycles. The average Bonchev–Trinajstić information content (AvgIpc) is 4.01. The molecule has 376 valence electrons. The summed E-state index contributed by atoms with van der Waals surface area (Å²) >= 11 is 3.33. The Hall–Kier alpha value is -4.77. The van der Waals surface area contributed by atoms with Gasteiger partial charge >= 0.3 is 0 Å². The highest BCUT2D eigenvalue weighted by Crippen LogP contribution is 2.33. The maximum Gasteiger partial charge on any atom is 0.255 e. The van der Waals surface area contributed by atoms with Crippen molar-refractivity contribution in [2.75, 3.05) is 24.7 Å². The van der Waals surface area contributed by atoms with E-state index < -0.39 is 16.1 Å². The highest BCUT2D eigenvalue weighted by molar-refractivity contribution is 9.10. The summed E-state index contributed by atoms with van der Waals surface area (Å²) in [6.45, 7) is 28.7. The van der Waals surface area contributed by atoms with E-state index in [0.717, 1.165) is 48.7 Å². The van der Waals surface area contributed by atoms with Gasteiger partial charge in [-0.3, -0.25) is 19.0 Å². The number of halogens is 1. The Morgan fingerprint density at radius 1 is 0.667 bits per heavy atom. The summed E-state index contributed by atoms with van der Waals surface area (Å²) in [6, 6.07) is 2.18. The van der Waals surface area contributed by atoms with Crippen molar-refractivity contribution in [2.45, 2.75) is 156 Å². The Bertz CT molecular complexity index is 2690. The van der Waals surface area contributed by atoms with Gasteiger partial charge in [0.2, 0.25) is 0 Å². The molecular weight excluding hydrogens is 971 g/mol. The fourth-order valence-electron chi connectivity index (χ4n) is 7.93. The van der Waals surface area contributed by atoms with E-state index in [9.17, 15) is 9.59 Å². The van der Waals surface area contributed by atoms with E-state index in [0.29, 0.717) is 64.7 Å². The number of nitrogens with one attached hydrogen (secondary N) is 2. The Balaban J connectivity index is 0.000000194. The largest absolute Gasteiger partial charge is 0.361 e. The summed E-state index contributed by atoms with van der Waals surface area (Å²) in [5.74, 6) is 0.403. The molecule has 0 bridgehead atoms. The molecule has 2 N–H and O–H groups in total. The molecule has 0 unspecified atom stereocenters. The first kappa shape index (κ1) is 53.6. The van der Waals surface area contributed by atoms with Crippen molar-refractivity contribution in [2.24, 2.45) is 14.1 Å². The molecule has 0 aromatic carbocycles. The van der Waals surface area contributed by atoms with Crippen LogP contribution in [0.3, 0.4) is 0 Å². The van der Waals surface area contributed by atoms with Gasteiger partial charge in [0.05, 0.1) is 40.6 Å². The number of hydrogen-bond donors (Lipinski definition) is 2. The average molecular weight is 1050 g/mol. The number of carbonyl (C=O) groups is 2. The van der Waals surface area contributed by atoms with Crippen LogP contribution in [0.1, 0.15) is 98.5 Å². The van der Waals surface area contributed by atoms with Gasteiger partial charge in [0.1, 0.15) is 29.1 Å². The van der Waals surface area contributed by atoms with Gasteiger partial charge < -0.3 is 34.1 Å². The third-order valence-corrected chi connectivity index (χ3v) is 15.1. The van der Waals surface area contributed by atoms with Gasteiger partial charge in [-0.25, -0.2) is 19.9 Å². The van der Waals surface area contributed by atoms with E-state index in [1.165, 1.54) is 36.9 Å². The molecule has 0 atom stereocenters. The lowest BCUT2D eigenvalue weighted by Gasteiger charge is -2.26. The zero-order valence-electron chi connectivity index (χ0n) is 43.6. The predicted octanol–water partition coefficient (Wildman–Crippen LogP) is 9.42. The quantitative estimate of drug-likeness (QED) is 0.0832. The number of amides is 2. The van der Waals surface area contributed by atoms with Crippen molar-refractivity contribution in [3.05, 3.63) is 69.9 Å². The Morgan fingerprint density at radius 3 is 1.70 bits per heavy atom. The lowest BCUT2D eigenvalue weighted by Crippen LogP contribution is -2.40. The standard InChI is InChI=1S/C24H37N7O2Si.C17H27BrN4O2Si.C8H12N2/c1-24(2,3)27-23(32)17-14-30(16-33-11-12-34(5,6)7)22-21(17)26-20(13-25-22)31-10-8-9-18-19(31)15-29(4)28-18;1-17(2,3)21-16(23)12-10-22(11-24-7-8-25(4,5)6)15-14(12)20-13(18)9-19-15;1-10-6-7-4-2-3-5-8(7)9-10/h13-15H,8-12,16H2,1-7H3,(H,27,32);9-10H,7-8,11H2,1-6H3,(H,21,23);6H,2-5H2,1H3. The SMILES string of the molecule is CC(C)(C)NC(=O)c1cn(COCC[Si](C)(C)C)c2ncc(Br)nc12.Cn1cc2c(n1)CCCC2.Cn1cc2c(n1)CCCN2c1cnc2c(n1)c(C(=O)NC(C)(C)C)cn2COCC[Si](C)(C)C. The number of fused-ring (bicyclic) bond motifs is 4. The van der Waals surface area contributed by atoms with Gasteiger partial charge in [0, 0.05) is 85.9 Å². The maximum atomic E-state index is 13.2. The van der Waals surface area contributed by atoms with Crippen molar-refractivity contribution < 1.29 is 19.1 Å². The van der Waals surface area contributed by atoms with Crippen molar-refractivity contribution >= 4 is 77.7 Å². The van der Waals surface area contributed by atoms with Gasteiger partial charge in [-0.05, 0) is 114 Å². The third-order valence-electron chi connectivity index (χ3n) is 11.4. The molecule has 0 fully saturated rings. The summed E-state index contributed by atoms with van der Waals surface area (Å²) in [5, 5.41) is 15.0. The summed E-state index contributed by atoms with van der Waals surface area (Å²) in [4.78, 5) is 46.5. The molecule has 2 aliphatic rings. The fraction of sp³-hybridized carbons (Fsp3) is 0.592. The van der Waals surface area contributed by atoms with Gasteiger partial charge in [-0.15, -0.1) is 0 Å². The topological polar surface area (TPSA) is 177 Å². The van der Waals surface area contributed by atoms with Crippen LogP contribution in [0.2, 0.25) is 51.4 Å². The number of nitrogens with zero attached hydrogens (tertiary/aromatic N) is 11. The minimum Gasteiger partial charge on any atom is -0.361 e. The fourth-order valence-corrected chi connectivity index (χ4v) is 9.72. The summed E-state index contributed by atoms with van der Waals surface area (Å²) in [6.07, 6.45) is 18.2. The van der Waals surface area contributed by atoms with Crippen LogP contribution in [0.4, 0.5) is 11.5 Å². The number of carbonyl (C=O) groups excluding carboxylic acids is 2. The zero-order valence-corrected chi connectivity index (χ0v) is 47.2. The summed E-state index contributed by atoms with van der Waals surface area (Å²) in [7, 11) is 1.62. The lowest BCUT2D eigenvalue weighted by molar-refractivity contribution is 0.0879. The molecule has 1 aliphatic carbocycles. The Kier molecular flexibility index (Phi) is 17.2. The number of anilines is 2. The van der Waals surface area contributed by atoms with Crippen molar-refractivity contribution in [3.63, 3.8) is 0 Å². The first-order valence-electron chi connectivity index (χ1n) is 24.2. The van der Waals surface area contributed by atoms with E-state index >= 15 is 0 Å². The number of aryl methyl sites for hydroxylation is 5. The van der Waals surface area contributed by atoms with Gasteiger partial charge in [-0.1, -0.05) is 39.3 Å². The molecule has 0 saturated carbocycles. The molecule has 1 aliphatic heterocycles. The minimum atomic E-state index is -1.18. The Labute approximate surface area is 418 Å². The molecule has 20 heteroatoms. The van der Waals surface area contributed by atoms with Crippen LogP contribution in [-0.2, 0) is 56.3 Å². The van der Waals surface area contributed by atoms with Crippen LogP contribution in [0.5, 0.6) is 0 Å². The smallest absolute Gasteiger partial charge is 0.255 e. The zero-order chi connectivity index (χ0) is 50.5. The monoisotopic (exact) mass is 1050 g/mol. The summed E-state index contributed by atoms with van der Waals surface area (Å²) < 4.78 is 19.9. The van der Waals surface area contributed by atoms with Crippen molar-refractivity contribution in [1.29, 1.82) is 0 Å². The van der Waals surface area contributed by atoms with E-state index in [1.807, 2.05) is 86.5 Å². The number of ether oxygens (including phenoxy) is 2. The number of aromatic nitrogens is 10.